The first-order chi connectivity index (χ1) is 10.1. The summed E-state index contributed by atoms with van der Waals surface area (Å²) in [6.45, 7) is 0.916. The molecule has 0 aliphatic heterocycles. The molecule has 2 aromatic rings. The summed E-state index contributed by atoms with van der Waals surface area (Å²) in [7, 11) is -3.53. The van der Waals surface area contributed by atoms with E-state index in [4.69, 9.17) is 0 Å². The molecule has 114 valence electrons. The van der Waals surface area contributed by atoms with Gasteiger partial charge in [-0.15, -0.1) is 11.3 Å². The van der Waals surface area contributed by atoms with Crippen molar-refractivity contribution in [3.63, 3.8) is 0 Å². The highest BCUT2D eigenvalue weighted by atomic mass is 32.2. The molecule has 2 aromatic heterocycles. The highest BCUT2D eigenvalue weighted by Crippen LogP contribution is 2.20. The molecule has 0 aromatic carbocycles. The van der Waals surface area contributed by atoms with Gasteiger partial charge in [0.25, 0.3) is 10.0 Å². The van der Waals surface area contributed by atoms with Gasteiger partial charge in [-0.3, -0.25) is 5.10 Å². The molecule has 6 nitrogen and oxygen atoms in total. The van der Waals surface area contributed by atoms with Gasteiger partial charge in [0.1, 0.15) is 0 Å². The van der Waals surface area contributed by atoms with Crippen LogP contribution in [-0.2, 0) is 23.0 Å². The first kappa shape index (κ1) is 14.7. The van der Waals surface area contributed by atoms with Crippen molar-refractivity contribution in [2.24, 2.45) is 0 Å². The van der Waals surface area contributed by atoms with Gasteiger partial charge in [0.2, 0.25) is 0 Å². The van der Waals surface area contributed by atoms with Crippen LogP contribution in [-0.4, -0.2) is 31.2 Å². The Hall–Kier alpha value is -1.22. The lowest BCUT2D eigenvalue weighted by molar-refractivity contribution is 0.574. The number of nitrogens with one attached hydrogen (secondary N) is 3. The van der Waals surface area contributed by atoms with Gasteiger partial charge in [-0.2, -0.15) is 5.10 Å². The molecular weight excluding hydrogens is 308 g/mol. The van der Waals surface area contributed by atoms with Gasteiger partial charge in [-0.05, 0) is 30.7 Å². The quantitative estimate of drug-likeness (QED) is 0.681. The Morgan fingerprint density at radius 2 is 2.29 bits per heavy atom. The lowest BCUT2D eigenvalue weighted by Gasteiger charge is -2.07. The predicted molar refractivity (Wildman–Crippen MR) is 81.7 cm³/mol. The molecule has 21 heavy (non-hydrogen) atoms. The second-order valence-corrected chi connectivity index (χ2v) is 7.84. The fraction of sp³-hybridized carbons (Fsp3) is 0.462. The van der Waals surface area contributed by atoms with Crippen LogP contribution < -0.4 is 10.0 Å². The maximum Gasteiger partial charge on any atom is 0.257 e. The van der Waals surface area contributed by atoms with Gasteiger partial charge < -0.3 is 5.32 Å². The van der Waals surface area contributed by atoms with Crippen molar-refractivity contribution in [2.45, 2.75) is 36.9 Å². The highest BCUT2D eigenvalue weighted by molar-refractivity contribution is 7.89. The van der Waals surface area contributed by atoms with Crippen molar-refractivity contribution in [2.75, 3.05) is 6.54 Å². The molecule has 3 rings (SSSR count). The molecule has 0 spiro atoms. The van der Waals surface area contributed by atoms with Gasteiger partial charge in [-0.25, -0.2) is 13.1 Å². The van der Waals surface area contributed by atoms with E-state index in [0.29, 0.717) is 31.1 Å². The predicted octanol–water partition coefficient (Wildman–Crippen LogP) is 1.24. The molecule has 0 amide bonds. The maximum atomic E-state index is 12.3. The smallest absolute Gasteiger partial charge is 0.257 e. The molecule has 0 bridgehead atoms. The van der Waals surface area contributed by atoms with Crippen LogP contribution in [0.25, 0.3) is 0 Å². The third-order valence-electron chi connectivity index (χ3n) is 3.35. The van der Waals surface area contributed by atoms with Gasteiger partial charge in [-0.1, -0.05) is 6.07 Å². The Balaban J connectivity index is 1.59. The first-order valence-corrected chi connectivity index (χ1v) is 9.29. The Bertz CT molecular complexity index is 675. The molecule has 1 aliphatic rings. The summed E-state index contributed by atoms with van der Waals surface area (Å²) < 4.78 is 27.2. The Labute approximate surface area is 128 Å². The zero-order valence-electron chi connectivity index (χ0n) is 11.5. The lowest BCUT2D eigenvalue weighted by atomic mass is 10.3. The molecule has 1 fully saturated rings. The normalized spacial score (nSPS) is 15.4. The van der Waals surface area contributed by atoms with Gasteiger partial charge in [0, 0.05) is 29.6 Å². The van der Waals surface area contributed by atoms with E-state index in [9.17, 15) is 8.42 Å². The number of nitrogens with zero attached hydrogens (tertiary/aromatic N) is 1. The van der Waals surface area contributed by atoms with Crippen molar-refractivity contribution >= 4 is 21.4 Å². The molecule has 1 saturated carbocycles. The fourth-order valence-corrected chi connectivity index (χ4v) is 3.90. The van der Waals surface area contributed by atoms with Gasteiger partial charge in [0.15, 0.2) is 5.03 Å². The van der Waals surface area contributed by atoms with E-state index in [1.54, 1.807) is 17.5 Å². The average molecular weight is 326 g/mol. The summed E-state index contributed by atoms with van der Waals surface area (Å²) in [5.74, 6) is 0. The number of H-pyrrole nitrogens is 1. The van der Waals surface area contributed by atoms with Crippen LogP contribution in [0.5, 0.6) is 0 Å². The van der Waals surface area contributed by atoms with Crippen LogP contribution in [0.3, 0.4) is 0 Å². The summed E-state index contributed by atoms with van der Waals surface area (Å²) in [5, 5.41) is 11.9. The number of aromatic nitrogens is 2. The van der Waals surface area contributed by atoms with Crippen molar-refractivity contribution in [3.8, 4) is 0 Å². The summed E-state index contributed by atoms with van der Waals surface area (Å²) in [6.07, 6.45) is 4.60. The van der Waals surface area contributed by atoms with Gasteiger partial charge >= 0.3 is 0 Å². The topological polar surface area (TPSA) is 86.9 Å². The summed E-state index contributed by atoms with van der Waals surface area (Å²) >= 11 is 1.63. The zero-order valence-corrected chi connectivity index (χ0v) is 13.1. The van der Waals surface area contributed by atoms with E-state index in [0.717, 1.165) is 4.88 Å². The monoisotopic (exact) mass is 326 g/mol. The minimum atomic E-state index is -3.53. The standard InChI is InChI=1S/C13H18N4O2S2/c18-21(19,16-6-5-12-2-1-7-20-12)13-10(9-15-17-13)8-14-11-3-4-11/h1-2,7,9,11,14,16H,3-6,8H2,(H,15,17). The van der Waals surface area contributed by atoms with Crippen LogP contribution in [0, 0.1) is 0 Å². The Morgan fingerprint density at radius 1 is 1.43 bits per heavy atom. The van der Waals surface area contributed by atoms with Crippen LogP contribution >= 0.6 is 11.3 Å². The van der Waals surface area contributed by atoms with E-state index in [1.807, 2.05) is 17.5 Å². The SMILES string of the molecule is O=S(=O)(NCCc1cccs1)c1[nH]ncc1CNC1CC1. The molecule has 0 atom stereocenters. The number of hydrogen-bond acceptors (Lipinski definition) is 5. The van der Waals surface area contributed by atoms with Crippen molar-refractivity contribution in [3.05, 3.63) is 34.2 Å². The molecular formula is C13H18N4O2S2. The second kappa shape index (κ2) is 6.27. The van der Waals surface area contributed by atoms with E-state index in [1.165, 1.54) is 12.8 Å². The van der Waals surface area contributed by atoms with Gasteiger partial charge in [0.05, 0.1) is 6.20 Å². The minimum Gasteiger partial charge on any atom is -0.310 e. The van der Waals surface area contributed by atoms with E-state index < -0.39 is 10.0 Å². The van der Waals surface area contributed by atoms with Crippen molar-refractivity contribution < 1.29 is 8.42 Å². The molecule has 1 aliphatic carbocycles. The van der Waals surface area contributed by atoms with E-state index >= 15 is 0 Å². The zero-order chi connectivity index (χ0) is 14.7. The number of sulfonamides is 1. The third-order valence-corrected chi connectivity index (χ3v) is 5.76. The third kappa shape index (κ3) is 3.91. The first-order valence-electron chi connectivity index (χ1n) is 6.93. The van der Waals surface area contributed by atoms with Crippen LogP contribution in [0.2, 0.25) is 0 Å². The molecule has 2 heterocycles. The summed E-state index contributed by atoms with van der Waals surface area (Å²) in [6, 6.07) is 4.49. The summed E-state index contributed by atoms with van der Waals surface area (Å²) in [4.78, 5) is 1.16. The average Bonchev–Trinajstić information content (AvgIpc) is 2.93. The van der Waals surface area contributed by atoms with Crippen LogP contribution in [0.4, 0.5) is 0 Å². The molecule has 0 saturated heterocycles. The second-order valence-electron chi connectivity index (χ2n) is 5.11. The Morgan fingerprint density at radius 3 is 3.00 bits per heavy atom. The maximum absolute atomic E-state index is 12.3. The van der Waals surface area contributed by atoms with Crippen molar-refractivity contribution in [1.29, 1.82) is 0 Å². The molecule has 0 radical (unpaired) electrons. The number of aromatic amines is 1. The summed E-state index contributed by atoms with van der Waals surface area (Å²) in [5.41, 5.74) is 0.686. The molecule has 8 heteroatoms. The van der Waals surface area contributed by atoms with E-state index in [2.05, 4.69) is 20.2 Å². The highest BCUT2D eigenvalue weighted by Gasteiger charge is 2.24. The van der Waals surface area contributed by atoms with Crippen LogP contribution in [0.1, 0.15) is 23.3 Å². The van der Waals surface area contributed by atoms with Crippen LogP contribution in [0.15, 0.2) is 28.7 Å². The number of thiophene rings is 1. The fourth-order valence-electron chi connectivity index (χ4n) is 2.04. The molecule has 3 N–H and O–H groups in total. The lowest BCUT2D eigenvalue weighted by Crippen LogP contribution is -2.28. The Kier molecular flexibility index (Phi) is 4.39. The van der Waals surface area contributed by atoms with E-state index in [-0.39, 0.29) is 5.03 Å². The number of hydrogen-bond donors (Lipinski definition) is 3. The van der Waals surface area contributed by atoms with Crippen molar-refractivity contribution in [1.82, 2.24) is 20.2 Å². The largest absolute Gasteiger partial charge is 0.310 e. The minimum absolute atomic E-state index is 0.168. The molecule has 0 unspecified atom stereocenters. The number of rotatable bonds is 8.